The summed E-state index contributed by atoms with van der Waals surface area (Å²) in [6.45, 7) is 8.18. The Labute approximate surface area is 201 Å². The molecule has 1 aromatic heterocycles. The molecule has 5 rings (SSSR count). The van der Waals surface area contributed by atoms with E-state index in [0.717, 1.165) is 17.1 Å². The number of aryl methyl sites for hydroxylation is 1. The van der Waals surface area contributed by atoms with Gasteiger partial charge in [0.2, 0.25) is 0 Å². The second-order valence-electron chi connectivity index (χ2n) is 9.06. The molecular weight excluding hydrogens is 420 g/mol. The third kappa shape index (κ3) is 4.56. The number of hydrogen-bond acceptors (Lipinski definition) is 3. The van der Waals surface area contributed by atoms with E-state index in [1.54, 1.807) is 0 Å². The maximum atomic E-state index is 4.89. The Morgan fingerprint density at radius 2 is 1.88 bits per heavy atom. The lowest BCUT2D eigenvalue weighted by molar-refractivity contribution is 0.400. The van der Waals surface area contributed by atoms with Crippen molar-refractivity contribution in [2.24, 2.45) is 5.92 Å². The van der Waals surface area contributed by atoms with E-state index < -0.39 is 0 Å². The van der Waals surface area contributed by atoms with Crippen molar-refractivity contribution < 1.29 is 0 Å². The lowest BCUT2D eigenvalue weighted by atomic mass is 9.73. The summed E-state index contributed by atoms with van der Waals surface area (Å²) in [5.74, 6) is 1.49. The van der Waals surface area contributed by atoms with Crippen molar-refractivity contribution in [2.45, 2.75) is 38.0 Å². The predicted octanol–water partition coefficient (Wildman–Crippen LogP) is 8.21. The minimum atomic E-state index is 0.548. The van der Waals surface area contributed by atoms with Gasteiger partial charge in [-0.1, -0.05) is 67.1 Å². The molecule has 33 heavy (non-hydrogen) atoms. The Hall–Kier alpha value is -3.04. The van der Waals surface area contributed by atoms with Gasteiger partial charge in [-0.05, 0) is 84.2 Å². The first-order chi connectivity index (χ1) is 16.1. The monoisotopic (exact) mass is 450 g/mol. The number of fused-ring (bicyclic) bond motifs is 1. The van der Waals surface area contributed by atoms with Gasteiger partial charge in [-0.15, -0.1) is 11.8 Å². The highest BCUT2D eigenvalue weighted by atomic mass is 32.2. The van der Waals surface area contributed by atoms with Crippen LogP contribution in [0.3, 0.4) is 0 Å². The third-order valence-corrected chi connectivity index (χ3v) is 7.52. The van der Waals surface area contributed by atoms with Gasteiger partial charge >= 0.3 is 0 Å². The molecule has 1 N–H and O–H groups in total. The summed E-state index contributed by atoms with van der Waals surface area (Å²) in [5.41, 5.74) is 11.1. The van der Waals surface area contributed by atoms with Crippen LogP contribution in [0.1, 0.15) is 54.1 Å². The van der Waals surface area contributed by atoms with Gasteiger partial charge < -0.3 is 5.32 Å². The summed E-state index contributed by atoms with van der Waals surface area (Å²) in [4.78, 5) is 6.22. The molecule has 1 fully saturated rings. The molecule has 0 bridgehead atoms. The molecule has 3 aromatic rings. The van der Waals surface area contributed by atoms with Crippen LogP contribution >= 0.6 is 11.8 Å². The first kappa shape index (κ1) is 21.8. The zero-order chi connectivity index (χ0) is 22.8. The highest BCUT2D eigenvalue weighted by Gasteiger charge is 2.29. The zero-order valence-electron chi connectivity index (χ0n) is 19.4. The Kier molecular flexibility index (Phi) is 6.24. The number of thioether (sulfide) groups is 1. The number of hydrogen-bond donors (Lipinski definition) is 1. The van der Waals surface area contributed by atoms with Crippen molar-refractivity contribution in [2.75, 3.05) is 11.2 Å². The van der Waals surface area contributed by atoms with Gasteiger partial charge in [-0.25, -0.2) is 0 Å². The number of allylic oxidation sites excluding steroid dienone is 3. The van der Waals surface area contributed by atoms with Gasteiger partial charge in [0.25, 0.3) is 0 Å². The molecule has 0 spiro atoms. The van der Waals surface area contributed by atoms with E-state index in [1.807, 2.05) is 30.9 Å². The second kappa shape index (κ2) is 9.44. The van der Waals surface area contributed by atoms with Crippen LogP contribution in [0, 0.1) is 12.8 Å². The van der Waals surface area contributed by atoms with Crippen LogP contribution in [0.4, 0.5) is 5.69 Å². The van der Waals surface area contributed by atoms with Crippen molar-refractivity contribution in [1.82, 2.24) is 4.98 Å². The molecule has 1 aliphatic carbocycles. The fourth-order valence-electron chi connectivity index (χ4n) is 4.60. The van der Waals surface area contributed by atoms with E-state index in [2.05, 4.69) is 79.5 Å². The topological polar surface area (TPSA) is 24.9 Å². The fraction of sp³-hybridized carbons (Fsp3) is 0.233. The summed E-state index contributed by atoms with van der Waals surface area (Å²) < 4.78 is 0. The molecule has 0 unspecified atom stereocenters. The van der Waals surface area contributed by atoms with E-state index in [4.69, 9.17) is 4.98 Å². The van der Waals surface area contributed by atoms with Gasteiger partial charge in [0.15, 0.2) is 0 Å². The average molecular weight is 451 g/mol. The van der Waals surface area contributed by atoms with Crippen LogP contribution in [0.2, 0.25) is 0 Å². The number of nitrogens with one attached hydrogen (secondary N) is 1. The first-order valence-corrected chi connectivity index (χ1v) is 12.7. The van der Waals surface area contributed by atoms with Crippen LogP contribution in [0.5, 0.6) is 0 Å². The number of pyridine rings is 1. The van der Waals surface area contributed by atoms with Gasteiger partial charge in [0.1, 0.15) is 0 Å². The van der Waals surface area contributed by atoms with Crippen LogP contribution in [0.15, 0.2) is 83.9 Å². The minimum absolute atomic E-state index is 0.548. The van der Waals surface area contributed by atoms with Gasteiger partial charge in [-0.3, -0.25) is 4.98 Å². The Balaban J connectivity index is 1.71. The van der Waals surface area contributed by atoms with Gasteiger partial charge in [0.05, 0.1) is 11.6 Å². The minimum Gasteiger partial charge on any atom is -0.375 e. The van der Waals surface area contributed by atoms with E-state index in [-0.39, 0.29) is 0 Å². The number of anilines is 1. The molecule has 1 aliphatic heterocycles. The molecule has 2 nitrogen and oxygen atoms in total. The van der Waals surface area contributed by atoms with Crippen molar-refractivity contribution >= 4 is 34.7 Å². The van der Waals surface area contributed by atoms with E-state index in [0.29, 0.717) is 5.92 Å². The molecular formula is C30H30N2S. The number of rotatable bonds is 6. The van der Waals surface area contributed by atoms with E-state index >= 15 is 0 Å². The molecule has 2 aliphatic rings. The summed E-state index contributed by atoms with van der Waals surface area (Å²) in [5, 5.41) is 3.54. The number of aromatic nitrogens is 1. The SMILES string of the molecule is C=C(C)/C=C/c1ccc(/C(=C(\c2ncccc2C)C2CCC2)c2ccc3c(c2)NCS3)cc1. The van der Waals surface area contributed by atoms with Gasteiger partial charge in [-0.2, -0.15) is 0 Å². The predicted molar refractivity (Wildman–Crippen MR) is 143 cm³/mol. The van der Waals surface area contributed by atoms with Crippen molar-refractivity contribution in [3.63, 3.8) is 0 Å². The molecule has 0 saturated heterocycles. The smallest absolute Gasteiger partial charge is 0.0699 e. The standard InChI is InChI=1S/C30H30N2S/c1-20(2)9-10-22-11-13-24(14-12-22)28(25-15-16-27-26(18-25)32-19-33-27)29(23-7-4-8-23)30-21(3)6-5-17-31-30/h5-6,9-18,23,32H,1,4,7-8,19H2,2-3H3/b10-9+,29-28+. The van der Waals surface area contributed by atoms with Crippen molar-refractivity contribution in [1.29, 1.82) is 0 Å². The van der Waals surface area contributed by atoms with Crippen LogP contribution < -0.4 is 5.32 Å². The molecule has 0 amide bonds. The molecule has 2 heterocycles. The van der Waals surface area contributed by atoms with E-state index in [1.165, 1.54) is 63.2 Å². The van der Waals surface area contributed by atoms with Crippen LogP contribution in [0.25, 0.3) is 17.2 Å². The molecule has 3 heteroatoms. The summed E-state index contributed by atoms with van der Waals surface area (Å²) in [7, 11) is 0. The summed E-state index contributed by atoms with van der Waals surface area (Å²) in [6, 6.07) is 20.1. The zero-order valence-corrected chi connectivity index (χ0v) is 20.2. The highest BCUT2D eigenvalue weighted by Crippen LogP contribution is 2.46. The summed E-state index contributed by atoms with van der Waals surface area (Å²) in [6.07, 6.45) is 9.88. The Bertz CT molecular complexity index is 1250. The molecule has 1 saturated carbocycles. The number of nitrogens with zero attached hydrogens (tertiary/aromatic N) is 1. The van der Waals surface area contributed by atoms with Gasteiger partial charge in [0, 0.05) is 16.8 Å². The first-order valence-electron chi connectivity index (χ1n) is 11.7. The molecule has 0 atom stereocenters. The lowest BCUT2D eigenvalue weighted by Gasteiger charge is -2.31. The van der Waals surface area contributed by atoms with E-state index in [9.17, 15) is 0 Å². The van der Waals surface area contributed by atoms with Crippen molar-refractivity contribution in [3.05, 3.63) is 107 Å². The molecule has 0 radical (unpaired) electrons. The maximum absolute atomic E-state index is 4.89. The average Bonchev–Trinajstić information content (AvgIpc) is 3.25. The number of benzene rings is 2. The van der Waals surface area contributed by atoms with Crippen molar-refractivity contribution in [3.8, 4) is 0 Å². The second-order valence-corrected chi connectivity index (χ2v) is 10.1. The maximum Gasteiger partial charge on any atom is 0.0699 e. The highest BCUT2D eigenvalue weighted by molar-refractivity contribution is 7.99. The fourth-order valence-corrected chi connectivity index (χ4v) is 5.43. The lowest BCUT2D eigenvalue weighted by Crippen LogP contribution is -2.16. The molecule has 166 valence electrons. The van der Waals surface area contributed by atoms with Crippen LogP contribution in [-0.2, 0) is 0 Å². The largest absolute Gasteiger partial charge is 0.375 e. The quantitative estimate of drug-likeness (QED) is 0.383. The molecule has 2 aromatic carbocycles. The third-order valence-electron chi connectivity index (χ3n) is 6.57. The van der Waals surface area contributed by atoms with Crippen LogP contribution in [-0.4, -0.2) is 10.9 Å². The Morgan fingerprint density at radius 3 is 2.58 bits per heavy atom. The summed E-state index contributed by atoms with van der Waals surface area (Å²) >= 11 is 1.87. The Morgan fingerprint density at radius 1 is 1.09 bits per heavy atom. The normalized spacial score (nSPS) is 16.2.